The number of anilines is 1. The molecule has 0 bridgehead atoms. The molecule has 0 aromatic heterocycles. The number of carbonyl (C=O) groups is 1. The van der Waals surface area contributed by atoms with Crippen LogP contribution in [0.25, 0.3) is 0 Å². The predicted molar refractivity (Wildman–Crippen MR) is 86.8 cm³/mol. The summed E-state index contributed by atoms with van der Waals surface area (Å²) in [7, 11) is 0. The summed E-state index contributed by atoms with van der Waals surface area (Å²) in [6.07, 6.45) is 3.85. The lowest BCUT2D eigenvalue weighted by molar-refractivity contribution is -0.117. The minimum absolute atomic E-state index is 0.0904. The molecule has 1 aliphatic carbocycles. The first-order valence-corrected chi connectivity index (χ1v) is 8.56. The van der Waals surface area contributed by atoms with Gasteiger partial charge in [-0.2, -0.15) is 11.8 Å². The van der Waals surface area contributed by atoms with Crippen LogP contribution in [-0.4, -0.2) is 17.7 Å². The number of amides is 1. The molecule has 4 heteroatoms. The van der Waals surface area contributed by atoms with Crippen molar-refractivity contribution in [2.75, 3.05) is 11.1 Å². The van der Waals surface area contributed by atoms with Crippen molar-refractivity contribution in [3.63, 3.8) is 0 Å². The normalized spacial score (nSPS) is 21.9. The van der Waals surface area contributed by atoms with Crippen LogP contribution in [0, 0.1) is 5.92 Å². The van der Waals surface area contributed by atoms with Gasteiger partial charge in [-0.05, 0) is 42.2 Å². The topological polar surface area (TPSA) is 55.1 Å². The fourth-order valence-electron chi connectivity index (χ4n) is 2.73. The summed E-state index contributed by atoms with van der Waals surface area (Å²) in [4.78, 5) is 12.1. The van der Waals surface area contributed by atoms with Gasteiger partial charge >= 0.3 is 0 Å². The molecule has 110 valence electrons. The number of rotatable bonds is 6. The molecular formula is C16H24N2OS. The molecule has 20 heavy (non-hydrogen) atoms. The molecular weight excluding hydrogens is 268 g/mol. The smallest absolute Gasteiger partial charge is 0.224 e. The standard InChI is InChI=1S/C16H24N2OS/c1-2-20-11-12-5-3-7-14(9-12)18-16(19)10-13-6-4-8-15(13)17/h3,5,7,9,13,15H,2,4,6,8,10-11,17H2,1H3,(H,18,19)/t13-,15+/m0/s1. The first-order chi connectivity index (χ1) is 9.69. The molecule has 0 aliphatic heterocycles. The van der Waals surface area contributed by atoms with Crippen LogP contribution >= 0.6 is 11.8 Å². The number of benzene rings is 1. The Morgan fingerprint density at radius 3 is 3.00 bits per heavy atom. The van der Waals surface area contributed by atoms with Crippen molar-refractivity contribution in [3.05, 3.63) is 29.8 Å². The summed E-state index contributed by atoms with van der Waals surface area (Å²) in [6.45, 7) is 2.15. The first kappa shape index (κ1) is 15.4. The minimum Gasteiger partial charge on any atom is -0.327 e. The maximum Gasteiger partial charge on any atom is 0.224 e. The van der Waals surface area contributed by atoms with E-state index < -0.39 is 0 Å². The summed E-state index contributed by atoms with van der Waals surface area (Å²) >= 11 is 1.89. The van der Waals surface area contributed by atoms with Gasteiger partial charge in [-0.25, -0.2) is 0 Å². The van der Waals surface area contributed by atoms with E-state index in [1.54, 1.807) is 0 Å². The van der Waals surface area contributed by atoms with Crippen molar-refractivity contribution in [1.29, 1.82) is 0 Å². The van der Waals surface area contributed by atoms with Gasteiger partial charge < -0.3 is 11.1 Å². The van der Waals surface area contributed by atoms with E-state index >= 15 is 0 Å². The molecule has 0 heterocycles. The largest absolute Gasteiger partial charge is 0.327 e. The van der Waals surface area contributed by atoms with E-state index in [-0.39, 0.29) is 11.9 Å². The van der Waals surface area contributed by atoms with Crippen LogP contribution in [0.3, 0.4) is 0 Å². The molecule has 1 saturated carbocycles. The Morgan fingerprint density at radius 2 is 2.30 bits per heavy atom. The zero-order chi connectivity index (χ0) is 14.4. The van der Waals surface area contributed by atoms with Crippen molar-refractivity contribution in [3.8, 4) is 0 Å². The van der Waals surface area contributed by atoms with Crippen molar-refractivity contribution < 1.29 is 4.79 Å². The van der Waals surface area contributed by atoms with Crippen LogP contribution in [-0.2, 0) is 10.5 Å². The van der Waals surface area contributed by atoms with Gasteiger partial charge in [0.05, 0.1) is 0 Å². The number of nitrogens with two attached hydrogens (primary N) is 1. The van der Waals surface area contributed by atoms with E-state index in [1.165, 1.54) is 5.56 Å². The molecule has 2 rings (SSSR count). The molecule has 0 radical (unpaired) electrons. The highest BCUT2D eigenvalue weighted by atomic mass is 32.2. The summed E-state index contributed by atoms with van der Waals surface area (Å²) < 4.78 is 0. The van der Waals surface area contributed by atoms with E-state index in [4.69, 9.17) is 5.73 Å². The van der Waals surface area contributed by atoms with E-state index in [9.17, 15) is 4.79 Å². The number of nitrogens with one attached hydrogen (secondary N) is 1. The van der Waals surface area contributed by atoms with Gasteiger partial charge in [-0.1, -0.05) is 25.5 Å². The fraction of sp³-hybridized carbons (Fsp3) is 0.562. The quantitative estimate of drug-likeness (QED) is 0.845. The lowest BCUT2D eigenvalue weighted by Gasteiger charge is -2.15. The molecule has 0 spiro atoms. The maximum atomic E-state index is 12.1. The van der Waals surface area contributed by atoms with Gasteiger partial charge in [0.2, 0.25) is 5.91 Å². The molecule has 1 aromatic rings. The Morgan fingerprint density at radius 1 is 1.45 bits per heavy atom. The van der Waals surface area contributed by atoms with Crippen molar-refractivity contribution in [2.24, 2.45) is 11.7 Å². The summed E-state index contributed by atoms with van der Waals surface area (Å²) in [5.41, 5.74) is 8.17. The lowest BCUT2D eigenvalue weighted by atomic mass is 10.00. The van der Waals surface area contributed by atoms with E-state index in [0.717, 1.165) is 36.5 Å². The molecule has 3 N–H and O–H groups in total. The number of hydrogen-bond acceptors (Lipinski definition) is 3. The number of thioether (sulfide) groups is 1. The van der Waals surface area contributed by atoms with E-state index in [2.05, 4.69) is 24.4 Å². The molecule has 1 aliphatic rings. The monoisotopic (exact) mass is 292 g/mol. The van der Waals surface area contributed by atoms with E-state index in [0.29, 0.717) is 12.3 Å². The number of carbonyl (C=O) groups excluding carboxylic acids is 1. The molecule has 1 fully saturated rings. The van der Waals surface area contributed by atoms with Crippen LogP contribution in [0.1, 0.15) is 38.2 Å². The fourth-order valence-corrected chi connectivity index (χ4v) is 3.35. The first-order valence-electron chi connectivity index (χ1n) is 7.41. The second kappa shape index (κ2) is 7.70. The van der Waals surface area contributed by atoms with Gasteiger partial charge in [0, 0.05) is 23.9 Å². The van der Waals surface area contributed by atoms with E-state index in [1.807, 2.05) is 23.9 Å². The average Bonchev–Trinajstić information content (AvgIpc) is 2.82. The third-order valence-electron chi connectivity index (χ3n) is 3.85. The van der Waals surface area contributed by atoms with Crippen molar-refractivity contribution in [2.45, 2.75) is 44.4 Å². The summed E-state index contributed by atoms with van der Waals surface area (Å²) in [5.74, 6) is 2.55. The Labute approximate surface area is 125 Å². The SMILES string of the molecule is CCSCc1cccc(NC(=O)C[C@@H]2CCC[C@H]2N)c1. The van der Waals surface area contributed by atoms with Crippen LogP contribution in [0.4, 0.5) is 5.69 Å². The minimum atomic E-state index is 0.0904. The van der Waals surface area contributed by atoms with Gasteiger partial charge in [-0.3, -0.25) is 4.79 Å². The summed E-state index contributed by atoms with van der Waals surface area (Å²) in [5, 5.41) is 3.00. The molecule has 1 aromatic carbocycles. The van der Waals surface area contributed by atoms with Crippen LogP contribution < -0.4 is 11.1 Å². The lowest BCUT2D eigenvalue weighted by Crippen LogP contribution is -2.28. The average molecular weight is 292 g/mol. The number of hydrogen-bond donors (Lipinski definition) is 2. The van der Waals surface area contributed by atoms with Crippen LogP contribution in [0.5, 0.6) is 0 Å². The highest BCUT2D eigenvalue weighted by Crippen LogP contribution is 2.27. The molecule has 0 saturated heterocycles. The molecule has 2 atom stereocenters. The molecule has 0 unspecified atom stereocenters. The molecule has 3 nitrogen and oxygen atoms in total. The maximum absolute atomic E-state index is 12.1. The van der Waals surface area contributed by atoms with Crippen LogP contribution in [0.15, 0.2) is 24.3 Å². The zero-order valence-electron chi connectivity index (χ0n) is 12.1. The van der Waals surface area contributed by atoms with Crippen molar-refractivity contribution in [1.82, 2.24) is 0 Å². The third kappa shape index (κ3) is 4.53. The highest BCUT2D eigenvalue weighted by molar-refractivity contribution is 7.98. The second-order valence-electron chi connectivity index (χ2n) is 5.44. The van der Waals surface area contributed by atoms with Gasteiger partial charge in [0.1, 0.15) is 0 Å². The Kier molecular flexibility index (Phi) is 5.92. The predicted octanol–water partition coefficient (Wildman–Crippen LogP) is 3.40. The molecule has 1 amide bonds. The highest BCUT2D eigenvalue weighted by Gasteiger charge is 2.25. The Hall–Kier alpha value is -1.00. The van der Waals surface area contributed by atoms with Gasteiger partial charge in [0.25, 0.3) is 0 Å². The summed E-state index contributed by atoms with van der Waals surface area (Å²) in [6, 6.07) is 8.32. The third-order valence-corrected chi connectivity index (χ3v) is 4.79. The van der Waals surface area contributed by atoms with Gasteiger partial charge in [-0.15, -0.1) is 0 Å². The zero-order valence-corrected chi connectivity index (χ0v) is 12.9. The van der Waals surface area contributed by atoms with Crippen molar-refractivity contribution >= 4 is 23.4 Å². The Balaban J connectivity index is 1.87. The second-order valence-corrected chi connectivity index (χ2v) is 6.72. The van der Waals surface area contributed by atoms with Crippen LogP contribution in [0.2, 0.25) is 0 Å². The Bertz CT molecular complexity index is 450. The van der Waals surface area contributed by atoms with Gasteiger partial charge in [0.15, 0.2) is 0 Å².